The molecule has 1 aromatic carbocycles. The van der Waals surface area contributed by atoms with E-state index in [1.807, 2.05) is 38.1 Å². The minimum atomic E-state index is -0.609. The second-order valence-electron chi connectivity index (χ2n) is 6.53. The largest absolute Gasteiger partial charge is 0.503 e. The third kappa shape index (κ3) is 4.25. The van der Waals surface area contributed by atoms with E-state index in [4.69, 9.17) is 9.47 Å². The van der Waals surface area contributed by atoms with Crippen molar-refractivity contribution < 1.29 is 24.2 Å². The molecule has 6 heteroatoms. The first-order valence-corrected chi connectivity index (χ1v) is 8.93. The van der Waals surface area contributed by atoms with Gasteiger partial charge in [-0.2, -0.15) is 0 Å². The summed E-state index contributed by atoms with van der Waals surface area (Å²) in [6.45, 7) is 6.46. The molecule has 1 heterocycles. The van der Waals surface area contributed by atoms with Crippen molar-refractivity contribution >= 4 is 11.7 Å². The fourth-order valence-electron chi connectivity index (χ4n) is 3.12. The monoisotopic (exact) mass is 361 g/mol. The Bertz CT molecular complexity index is 695. The molecule has 6 nitrogen and oxygen atoms in total. The van der Waals surface area contributed by atoms with E-state index < -0.39 is 17.7 Å². The van der Waals surface area contributed by atoms with Crippen molar-refractivity contribution in [3.8, 4) is 5.75 Å². The molecule has 1 aliphatic heterocycles. The van der Waals surface area contributed by atoms with E-state index in [1.165, 1.54) is 4.90 Å². The zero-order chi connectivity index (χ0) is 19.3. The van der Waals surface area contributed by atoms with E-state index in [0.717, 1.165) is 5.56 Å². The highest BCUT2D eigenvalue weighted by Gasteiger charge is 2.42. The summed E-state index contributed by atoms with van der Waals surface area (Å²) >= 11 is 0. The summed E-state index contributed by atoms with van der Waals surface area (Å²) in [5.41, 5.74) is 0.909. The van der Waals surface area contributed by atoms with Gasteiger partial charge in [0.15, 0.2) is 11.5 Å². The minimum Gasteiger partial charge on any atom is -0.503 e. The molecule has 1 aliphatic rings. The maximum Gasteiger partial charge on any atom is 0.290 e. The lowest BCUT2D eigenvalue weighted by atomic mass is 9.95. The Balaban J connectivity index is 2.43. The molecule has 0 bridgehead atoms. The highest BCUT2D eigenvalue weighted by Crippen LogP contribution is 2.39. The number of carbonyl (C=O) groups excluding carboxylic acids is 2. The Kier molecular flexibility index (Phi) is 6.80. The molecule has 1 unspecified atom stereocenters. The van der Waals surface area contributed by atoms with Gasteiger partial charge in [-0.05, 0) is 38.0 Å². The van der Waals surface area contributed by atoms with Gasteiger partial charge in [-0.25, -0.2) is 0 Å². The van der Waals surface area contributed by atoms with E-state index in [0.29, 0.717) is 25.3 Å². The van der Waals surface area contributed by atoms with Crippen molar-refractivity contribution in [3.05, 3.63) is 41.2 Å². The molecule has 0 saturated heterocycles. The number of ether oxygens (including phenoxy) is 2. The number of methoxy groups -OCH3 is 1. The summed E-state index contributed by atoms with van der Waals surface area (Å²) in [5.74, 6) is -0.533. The van der Waals surface area contributed by atoms with Crippen LogP contribution < -0.4 is 4.74 Å². The van der Waals surface area contributed by atoms with E-state index in [-0.39, 0.29) is 23.9 Å². The summed E-state index contributed by atoms with van der Waals surface area (Å²) in [5, 5.41) is 10.3. The highest BCUT2D eigenvalue weighted by molar-refractivity contribution is 6.08. The third-order valence-corrected chi connectivity index (χ3v) is 4.22. The fraction of sp³-hybridized carbons (Fsp3) is 0.500. The van der Waals surface area contributed by atoms with E-state index >= 15 is 0 Å². The lowest BCUT2D eigenvalue weighted by Crippen LogP contribution is -2.32. The van der Waals surface area contributed by atoms with Crippen molar-refractivity contribution in [1.29, 1.82) is 0 Å². The molecule has 0 radical (unpaired) electrons. The van der Waals surface area contributed by atoms with E-state index in [1.54, 1.807) is 14.0 Å². The van der Waals surface area contributed by atoms with Gasteiger partial charge in [0.2, 0.25) is 0 Å². The zero-order valence-electron chi connectivity index (χ0n) is 15.8. The van der Waals surface area contributed by atoms with Crippen molar-refractivity contribution in [2.24, 2.45) is 0 Å². The molecule has 1 amide bonds. The number of hydrogen-bond acceptors (Lipinski definition) is 5. The van der Waals surface area contributed by atoms with Crippen LogP contribution in [0.2, 0.25) is 0 Å². The molecule has 0 aromatic heterocycles. The Morgan fingerprint density at radius 2 is 2.08 bits per heavy atom. The second kappa shape index (κ2) is 8.85. The SMILES string of the molecule is CCC(=O)C1=C(O)C(=O)N(CCCOC)C1c1cccc(OC(C)C)c1. The number of aliphatic hydroxyl groups is 1. The lowest BCUT2D eigenvalue weighted by molar-refractivity contribution is -0.129. The summed E-state index contributed by atoms with van der Waals surface area (Å²) in [6.07, 6.45) is 0.841. The number of aliphatic hydroxyl groups excluding tert-OH is 1. The molecule has 26 heavy (non-hydrogen) atoms. The average molecular weight is 361 g/mol. The quantitative estimate of drug-likeness (QED) is 0.684. The first-order valence-electron chi connectivity index (χ1n) is 8.93. The van der Waals surface area contributed by atoms with Crippen molar-refractivity contribution in [1.82, 2.24) is 4.90 Å². The maximum atomic E-state index is 12.6. The summed E-state index contributed by atoms with van der Waals surface area (Å²) in [4.78, 5) is 26.5. The predicted molar refractivity (Wildman–Crippen MR) is 98.1 cm³/mol. The number of ketones is 1. The Hall–Kier alpha value is -2.34. The molecule has 1 atom stereocenters. The predicted octanol–water partition coefficient (Wildman–Crippen LogP) is 3.18. The highest BCUT2D eigenvalue weighted by atomic mass is 16.5. The maximum absolute atomic E-state index is 12.6. The smallest absolute Gasteiger partial charge is 0.290 e. The van der Waals surface area contributed by atoms with Gasteiger partial charge in [0.05, 0.1) is 17.7 Å². The number of hydrogen-bond donors (Lipinski definition) is 1. The van der Waals surface area contributed by atoms with Crippen LogP contribution in [0.3, 0.4) is 0 Å². The van der Waals surface area contributed by atoms with Gasteiger partial charge in [0, 0.05) is 26.7 Å². The Morgan fingerprint density at radius 1 is 1.35 bits per heavy atom. The average Bonchev–Trinajstić information content (AvgIpc) is 2.86. The topological polar surface area (TPSA) is 76.1 Å². The number of benzene rings is 1. The van der Waals surface area contributed by atoms with E-state index in [9.17, 15) is 14.7 Å². The molecule has 0 aliphatic carbocycles. The van der Waals surface area contributed by atoms with Crippen molar-refractivity contribution in [3.63, 3.8) is 0 Å². The van der Waals surface area contributed by atoms with Crippen LogP contribution in [0.25, 0.3) is 0 Å². The molecule has 0 saturated carbocycles. The van der Waals surface area contributed by atoms with Crippen LogP contribution in [0.5, 0.6) is 5.75 Å². The van der Waals surface area contributed by atoms with Gasteiger partial charge in [-0.15, -0.1) is 0 Å². The third-order valence-electron chi connectivity index (χ3n) is 4.22. The summed E-state index contributed by atoms with van der Waals surface area (Å²) in [7, 11) is 1.60. The Morgan fingerprint density at radius 3 is 2.69 bits per heavy atom. The van der Waals surface area contributed by atoms with Gasteiger partial charge in [0.25, 0.3) is 5.91 Å². The summed E-state index contributed by atoms with van der Waals surface area (Å²) < 4.78 is 10.8. The molecule has 0 spiro atoms. The van der Waals surface area contributed by atoms with Crippen molar-refractivity contribution in [2.75, 3.05) is 20.3 Å². The fourth-order valence-corrected chi connectivity index (χ4v) is 3.12. The molecule has 1 N–H and O–H groups in total. The number of carbonyl (C=O) groups is 2. The molecule has 1 aromatic rings. The van der Waals surface area contributed by atoms with Gasteiger partial charge < -0.3 is 19.5 Å². The molecular formula is C20H27NO5. The second-order valence-corrected chi connectivity index (χ2v) is 6.53. The molecule has 2 rings (SSSR count). The number of rotatable bonds is 9. The van der Waals surface area contributed by atoms with Crippen LogP contribution in [0.15, 0.2) is 35.6 Å². The van der Waals surface area contributed by atoms with Gasteiger partial charge >= 0.3 is 0 Å². The minimum absolute atomic E-state index is 0.00829. The van der Waals surface area contributed by atoms with E-state index in [2.05, 4.69) is 0 Å². The van der Waals surface area contributed by atoms with Crippen LogP contribution in [0, 0.1) is 0 Å². The van der Waals surface area contributed by atoms with Crippen molar-refractivity contribution in [2.45, 2.75) is 45.8 Å². The van der Waals surface area contributed by atoms with Crippen LogP contribution in [-0.2, 0) is 14.3 Å². The zero-order valence-corrected chi connectivity index (χ0v) is 15.8. The number of nitrogens with zero attached hydrogens (tertiary/aromatic N) is 1. The van der Waals surface area contributed by atoms with Crippen LogP contribution in [0.4, 0.5) is 0 Å². The first-order chi connectivity index (χ1) is 12.4. The standard InChI is InChI=1S/C20H27NO5/c1-5-16(22)17-18(14-8-6-9-15(12-14)26-13(2)3)21(10-7-11-25-4)20(24)19(17)23/h6,8-9,12-13,18,23H,5,7,10-11H2,1-4H3. The number of Topliss-reactive ketones (excluding diaryl/α,β-unsaturated/α-hetero) is 1. The molecule has 0 fully saturated rings. The van der Waals surface area contributed by atoms with Crippen LogP contribution in [0.1, 0.15) is 45.2 Å². The normalized spacial score (nSPS) is 17.3. The Labute approximate surface area is 154 Å². The molecule has 142 valence electrons. The lowest BCUT2D eigenvalue weighted by Gasteiger charge is -2.27. The van der Waals surface area contributed by atoms with Crippen LogP contribution >= 0.6 is 0 Å². The molecular weight excluding hydrogens is 334 g/mol. The van der Waals surface area contributed by atoms with Gasteiger partial charge in [-0.3, -0.25) is 9.59 Å². The van der Waals surface area contributed by atoms with Crippen LogP contribution in [-0.4, -0.2) is 48.1 Å². The summed E-state index contributed by atoms with van der Waals surface area (Å²) in [6, 6.07) is 6.72. The van der Waals surface area contributed by atoms with Gasteiger partial charge in [0.1, 0.15) is 5.75 Å². The first kappa shape index (κ1) is 20.0. The number of amides is 1. The van der Waals surface area contributed by atoms with Gasteiger partial charge in [-0.1, -0.05) is 19.1 Å².